The third kappa shape index (κ3) is 7.70. The highest BCUT2D eigenvalue weighted by molar-refractivity contribution is 5.87. The van der Waals surface area contributed by atoms with Gasteiger partial charge in [-0.3, -0.25) is 9.59 Å². The summed E-state index contributed by atoms with van der Waals surface area (Å²) < 4.78 is 5.34. The number of hydrogen-bond donors (Lipinski definition) is 1. The number of carbonyl (C=O) groups excluding carboxylic acids is 2. The summed E-state index contributed by atoms with van der Waals surface area (Å²) in [7, 11) is 1.63. The standard InChI is InChI=1S/C27H38N2O3/c1-6-21-11-13-22(14-12-21)15-16-26(30)29(19-23-9-8-10-24(17-23)32-5)25(7-2)27(31)28-18-20(3)4/h8-14,17,20,25H,6-7,15-16,18-19H2,1-5H3,(H,28,31)/t25-/m1/s1. The number of carbonyl (C=O) groups is 2. The molecule has 0 saturated carbocycles. The zero-order valence-electron chi connectivity index (χ0n) is 20.2. The van der Waals surface area contributed by atoms with Crippen molar-refractivity contribution < 1.29 is 14.3 Å². The number of benzene rings is 2. The van der Waals surface area contributed by atoms with Crippen molar-refractivity contribution >= 4 is 11.8 Å². The summed E-state index contributed by atoms with van der Waals surface area (Å²) in [5, 5.41) is 3.01. The molecule has 0 saturated heterocycles. The quantitative estimate of drug-likeness (QED) is 0.519. The van der Waals surface area contributed by atoms with Gasteiger partial charge in [0.1, 0.15) is 11.8 Å². The average molecular weight is 439 g/mol. The first-order chi connectivity index (χ1) is 15.4. The van der Waals surface area contributed by atoms with Gasteiger partial charge in [-0.15, -0.1) is 0 Å². The van der Waals surface area contributed by atoms with Crippen LogP contribution in [-0.4, -0.2) is 36.4 Å². The van der Waals surface area contributed by atoms with E-state index in [1.54, 1.807) is 12.0 Å². The van der Waals surface area contributed by atoms with Crippen molar-refractivity contribution in [2.45, 2.75) is 66.0 Å². The molecule has 0 aliphatic heterocycles. The number of hydrogen-bond acceptors (Lipinski definition) is 3. The van der Waals surface area contributed by atoms with E-state index in [1.165, 1.54) is 5.56 Å². The topological polar surface area (TPSA) is 58.6 Å². The van der Waals surface area contributed by atoms with Crippen LogP contribution in [0.2, 0.25) is 0 Å². The summed E-state index contributed by atoms with van der Waals surface area (Å²) in [5.74, 6) is 0.983. The van der Waals surface area contributed by atoms with E-state index >= 15 is 0 Å². The fourth-order valence-corrected chi connectivity index (χ4v) is 3.65. The van der Waals surface area contributed by atoms with Crippen molar-refractivity contribution in [3.63, 3.8) is 0 Å². The van der Waals surface area contributed by atoms with Gasteiger partial charge >= 0.3 is 0 Å². The molecule has 2 rings (SSSR count). The normalized spacial score (nSPS) is 11.8. The van der Waals surface area contributed by atoms with Crippen molar-refractivity contribution in [1.82, 2.24) is 10.2 Å². The highest BCUT2D eigenvalue weighted by Crippen LogP contribution is 2.19. The summed E-state index contributed by atoms with van der Waals surface area (Å²) in [6.45, 7) is 9.17. The van der Waals surface area contributed by atoms with Crippen LogP contribution in [0, 0.1) is 5.92 Å². The summed E-state index contributed by atoms with van der Waals surface area (Å²) >= 11 is 0. The Labute approximate surface area is 193 Å². The summed E-state index contributed by atoms with van der Waals surface area (Å²) in [6.07, 6.45) is 2.58. The van der Waals surface area contributed by atoms with Crippen LogP contribution in [0.3, 0.4) is 0 Å². The first-order valence-electron chi connectivity index (χ1n) is 11.7. The molecular weight excluding hydrogens is 400 g/mol. The Morgan fingerprint density at radius 2 is 1.69 bits per heavy atom. The largest absolute Gasteiger partial charge is 0.497 e. The second-order valence-electron chi connectivity index (χ2n) is 8.61. The van der Waals surface area contributed by atoms with Crippen LogP contribution in [0.5, 0.6) is 5.75 Å². The Morgan fingerprint density at radius 3 is 2.28 bits per heavy atom. The van der Waals surface area contributed by atoms with Crippen molar-refractivity contribution in [2.75, 3.05) is 13.7 Å². The maximum atomic E-state index is 13.4. The van der Waals surface area contributed by atoms with Crippen LogP contribution < -0.4 is 10.1 Å². The SMILES string of the molecule is CCc1ccc(CCC(=O)N(Cc2cccc(OC)c2)[C@H](CC)C(=O)NCC(C)C)cc1. The predicted octanol–water partition coefficient (Wildman–Crippen LogP) is 4.77. The molecule has 5 heteroatoms. The van der Waals surface area contributed by atoms with E-state index in [1.807, 2.05) is 31.2 Å². The van der Waals surface area contributed by atoms with Gasteiger partial charge in [-0.1, -0.05) is 64.1 Å². The summed E-state index contributed by atoms with van der Waals surface area (Å²) in [5.41, 5.74) is 3.36. The second kappa shape index (κ2) is 12.9. The predicted molar refractivity (Wildman–Crippen MR) is 130 cm³/mol. The molecule has 174 valence electrons. The molecule has 0 spiro atoms. The van der Waals surface area contributed by atoms with Gasteiger partial charge in [0.05, 0.1) is 7.11 Å². The van der Waals surface area contributed by atoms with Crippen LogP contribution in [0.25, 0.3) is 0 Å². The maximum absolute atomic E-state index is 13.4. The first-order valence-corrected chi connectivity index (χ1v) is 11.7. The second-order valence-corrected chi connectivity index (χ2v) is 8.61. The van der Waals surface area contributed by atoms with E-state index in [0.717, 1.165) is 23.3 Å². The molecule has 0 fully saturated rings. The minimum absolute atomic E-state index is 0.0149. The van der Waals surface area contributed by atoms with Crippen LogP contribution in [0.15, 0.2) is 48.5 Å². The fourth-order valence-electron chi connectivity index (χ4n) is 3.65. The Bertz CT molecular complexity index is 861. The summed E-state index contributed by atoms with van der Waals surface area (Å²) in [6, 6.07) is 15.6. The number of amides is 2. The highest BCUT2D eigenvalue weighted by atomic mass is 16.5. The lowest BCUT2D eigenvalue weighted by molar-refractivity contribution is -0.141. The van der Waals surface area contributed by atoms with Crippen LogP contribution in [0.4, 0.5) is 0 Å². The molecule has 2 aromatic carbocycles. The van der Waals surface area contributed by atoms with Crippen molar-refractivity contribution in [3.8, 4) is 5.75 Å². The average Bonchev–Trinajstić information content (AvgIpc) is 2.81. The molecule has 0 aliphatic rings. The minimum Gasteiger partial charge on any atom is -0.497 e. The molecule has 2 amide bonds. The number of methoxy groups -OCH3 is 1. The Morgan fingerprint density at radius 1 is 1.00 bits per heavy atom. The van der Waals surface area contributed by atoms with Crippen molar-refractivity contribution in [2.24, 2.45) is 5.92 Å². The Kier molecular flexibility index (Phi) is 10.3. The molecule has 0 unspecified atom stereocenters. The van der Waals surface area contributed by atoms with Gasteiger partial charge < -0.3 is 15.0 Å². The van der Waals surface area contributed by atoms with Gasteiger partial charge in [0.2, 0.25) is 11.8 Å². The molecule has 1 N–H and O–H groups in total. The Hall–Kier alpha value is -2.82. The molecule has 0 bridgehead atoms. The van der Waals surface area contributed by atoms with Crippen LogP contribution >= 0.6 is 0 Å². The molecule has 32 heavy (non-hydrogen) atoms. The number of nitrogens with one attached hydrogen (secondary N) is 1. The summed E-state index contributed by atoms with van der Waals surface area (Å²) in [4.78, 5) is 28.0. The molecule has 1 atom stereocenters. The number of rotatable bonds is 12. The maximum Gasteiger partial charge on any atom is 0.242 e. The van der Waals surface area contributed by atoms with E-state index in [4.69, 9.17) is 4.74 Å². The lowest BCUT2D eigenvalue weighted by Crippen LogP contribution is -2.49. The zero-order chi connectivity index (χ0) is 23.5. The van der Waals surface area contributed by atoms with Crippen LogP contribution in [0.1, 0.15) is 57.2 Å². The van der Waals surface area contributed by atoms with Gasteiger partial charge in [-0.25, -0.2) is 0 Å². The van der Waals surface area contributed by atoms with Crippen LogP contribution in [-0.2, 0) is 29.0 Å². The van der Waals surface area contributed by atoms with Gasteiger partial charge in [0.25, 0.3) is 0 Å². The minimum atomic E-state index is -0.505. The third-order valence-corrected chi connectivity index (χ3v) is 5.62. The van der Waals surface area contributed by atoms with Crippen molar-refractivity contribution in [3.05, 3.63) is 65.2 Å². The number of nitrogens with zero attached hydrogens (tertiary/aromatic N) is 1. The van der Waals surface area contributed by atoms with E-state index in [9.17, 15) is 9.59 Å². The lowest BCUT2D eigenvalue weighted by Gasteiger charge is -2.31. The third-order valence-electron chi connectivity index (χ3n) is 5.62. The molecule has 0 aromatic heterocycles. The van der Waals surface area contributed by atoms with E-state index in [2.05, 4.69) is 50.4 Å². The van der Waals surface area contributed by atoms with Gasteiger partial charge in [-0.2, -0.15) is 0 Å². The molecule has 2 aromatic rings. The van der Waals surface area contributed by atoms with Gasteiger partial charge in [-0.05, 0) is 54.0 Å². The molecule has 0 aliphatic carbocycles. The fraction of sp³-hybridized carbons (Fsp3) is 0.481. The molecular formula is C27H38N2O3. The van der Waals surface area contributed by atoms with Gasteiger partial charge in [0, 0.05) is 19.5 Å². The Balaban J connectivity index is 2.19. The molecule has 0 radical (unpaired) electrons. The van der Waals surface area contributed by atoms with E-state index < -0.39 is 6.04 Å². The molecule has 0 heterocycles. The zero-order valence-corrected chi connectivity index (χ0v) is 20.2. The number of aryl methyl sites for hydroxylation is 2. The number of ether oxygens (including phenoxy) is 1. The first kappa shape index (κ1) is 25.4. The van der Waals surface area contributed by atoms with E-state index in [0.29, 0.717) is 38.3 Å². The van der Waals surface area contributed by atoms with E-state index in [-0.39, 0.29) is 11.8 Å². The highest BCUT2D eigenvalue weighted by Gasteiger charge is 2.28. The molecule has 5 nitrogen and oxygen atoms in total. The monoisotopic (exact) mass is 438 g/mol. The van der Waals surface area contributed by atoms with Gasteiger partial charge in [0.15, 0.2) is 0 Å². The van der Waals surface area contributed by atoms with Crippen molar-refractivity contribution in [1.29, 1.82) is 0 Å². The lowest BCUT2D eigenvalue weighted by atomic mass is 10.0. The smallest absolute Gasteiger partial charge is 0.242 e.